The van der Waals surface area contributed by atoms with Crippen LogP contribution < -0.4 is 15.4 Å². The average Bonchev–Trinajstić information content (AvgIpc) is 2.71. The molecule has 0 saturated heterocycles. The van der Waals surface area contributed by atoms with Gasteiger partial charge < -0.3 is 20.1 Å². The number of hydrogen-bond acceptors (Lipinski definition) is 5. The molecule has 0 unspecified atom stereocenters. The molecular weight excluding hydrogens is 410 g/mol. The Hall–Kier alpha value is -3.49. The molecule has 0 heterocycles. The van der Waals surface area contributed by atoms with E-state index < -0.39 is 42.6 Å². The quantitative estimate of drug-likeness (QED) is 0.623. The number of esters is 1. The van der Waals surface area contributed by atoms with Crippen LogP contribution >= 0.6 is 0 Å². The molecule has 0 bridgehead atoms. The van der Waals surface area contributed by atoms with Gasteiger partial charge in [-0.15, -0.1) is 0 Å². The number of carbonyl (C=O) groups is 3. The summed E-state index contributed by atoms with van der Waals surface area (Å²) in [6.45, 7) is 4.83. The Morgan fingerprint density at radius 3 is 2.19 bits per heavy atom. The number of carbonyl (C=O) groups excluding carboxylic acids is 3. The van der Waals surface area contributed by atoms with Crippen LogP contribution in [-0.2, 0) is 24.5 Å². The molecule has 2 amide bonds. The molecule has 2 aromatic carbocycles. The van der Waals surface area contributed by atoms with Crippen LogP contribution in [0.2, 0.25) is 0 Å². The van der Waals surface area contributed by atoms with Crippen molar-refractivity contribution < 1.29 is 32.6 Å². The smallest absolute Gasteiger partial charge is 0.344 e. The third-order valence-electron chi connectivity index (χ3n) is 4.09. The highest BCUT2D eigenvalue weighted by molar-refractivity contribution is 5.94. The van der Waals surface area contributed by atoms with E-state index in [9.17, 15) is 23.2 Å². The van der Waals surface area contributed by atoms with E-state index in [0.29, 0.717) is 5.75 Å². The average molecular weight is 434 g/mol. The van der Waals surface area contributed by atoms with Crippen LogP contribution in [0.4, 0.5) is 14.5 Å². The molecular formula is C22H24F2N2O5. The number of halogens is 2. The molecule has 0 aliphatic heterocycles. The summed E-state index contributed by atoms with van der Waals surface area (Å²) in [6, 6.07) is 10.1. The van der Waals surface area contributed by atoms with Gasteiger partial charge in [0.2, 0.25) is 5.91 Å². The fraction of sp³-hybridized carbons (Fsp3) is 0.318. The van der Waals surface area contributed by atoms with Crippen molar-refractivity contribution in [2.75, 3.05) is 25.1 Å². The molecule has 9 heteroatoms. The molecule has 0 fully saturated rings. The van der Waals surface area contributed by atoms with E-state index in [-0.39, 0.29) is 17.7 Å². The Morgan fingerprint density at radius 2 is 1.58 bits per heavy atom. The SMILES string of the molecule is CC(C)(C)c1ccc(OCC(=O)OCC(=O)NCC(=O)Nc2ccc(F)c(F)c2)cc1. The minimum absolute atomic E-state index is 0.00304. The highest BCUT2D eigenvalue weighted by Crippen LogP contribution is 2.24. The van der Waals surface area contributed by atoms with E-state index in [1.54, 1.807) is 12.1 Å². The molecule has 31 heavy (non-hydrogen) atoms. The van der Waals surface area contributed by atoms with Crippen LogP contribution in [0.5, 0.6) is 5.75 Å². The molecule has 166 valence electrons. The summed E-state index contributed by atoms with van der Waals surface area (Å²) in [7, 11) is 0. The number of hydrogen-bond donors (Lipinski definition) is 2. The molecule has 2 rings (SSSR count). The fourth-order valence-electron chi connectivity index (χ4n) is 2.39. The van der Waals surface area contributed by atoms with Crippen molar-refractivity contribution in [2.45, 2.75) is 26.2 Å². The maximum absolute atomic E-state index is 13.1. The highest BCUT2D eigenvalue weighted by Gasteiger charge is 2.14. The zero-order valence-corrected chi connectivity index (χ0v) is 17.5. The standard InChI is InChI=1S/C22H24F2N2O5/c1-22(2,3)14-4-7-16(8-5-14)30-13-21(29)31-12-20(28)25-11-19(27)26-15-6-9-17(23)18(24)10-15/h4-10H,11-13H2,1-3H3,(H,25,28)(H,26,27). The Balaban J connectivity index is 1.66. The summed E-state index contributed by atoms with van der Waals surface area (Å²) in [5.74, 6) is -3.78. The number of ether oxygens (including phenoxy) is 2. The Bertz CT molecular complexity index is 940. The first kappa shape index (κ1) is 23.8. The van der Waals surface area contributed by atoms with Crippen LogP contribution in [0.15, 0.2) is 42.5 Å². The zero-order chi connectivity index (χ0) is 23.0. The first-order chi connectivity index (χ1) is 14.5. The molecule has 0 saturated carbocycles. The Labute approximate surface area is 178 Å². The van der Waals surface area contributed by atoms with Gasteiger partial charge in [0.1, 0.15) is 5.75 Å². The molecule has 0 aromatic heterocycles. The summed E-state index contributed by atoms with van der Waals surface area (Å²) in [5.41, 5.74) is 1.15. The third-order valence-corrected chi connectivity index (χ3v) is 4.09. The van der Waals surface area contributed by atoms with Gasteiger partial charge in [0.05, 0.1) is 6.54 Å². The maximum Gasteiger partial charge on any atom is 0.344 e. The predicted molar refractivity (Wildman–Crippen MR) is 110 cm³/mol. The Morgan fingerprint density at radius 1 is 0.903 bits per heavy atom. The van der Waals surface area contributed by atoms with Gasteiger partial charge in [0, 0.05) is 11.8 Å². The van der Waals surface area contributed by atoms with Crippen LogP contribution in [0, 0.1) is 11.6 Å². The van der Waals surface area contributed by atoms with Gasteiger partial charge >= 0.3 is 5.97 Å². The molecule has 7 nitrogen and oxygen atoms in total. The van der Waals surface area contributed by atoms with E-state index >= 15 is 0 Å². The van der Waals surface area contributed by atoms with Crippen molar-refractivity contribution in [2.24, 2.45) is 0 Å². The lowest BCUT2D eigenvalue weighted by atomic mass is 9.87. The number of rotatable bonds is 8. The first-order valence-corrected chi connectivity index (χ1v) is 9.45. The number of nitrogens with one attached hydrogen (secondary N) is 2. The van der Waals surface area contributed by atoms with Gasteiger partial charge in [0.15, 0.2) is 24.8 Å². The topological polar surface area (TPSA) is 93.7 Å². The summed E-state index contributed by atoms with van der Waals surface area (Å²) < 4.78 is 36.1. The van der Waals surface area contributed by atoms with E-state index in [0.717, 1.165) is 17.7 Å². The van der Waals surface area contributed by atoms with Gasteiger partial charge in [-0.2, -0.15) is 0 Å². The normalized spacial score (nSPS) is 10.9. The lowest BCUT2D eigenvalue weighted by Crippen LogP contribution is -2.36. The number of amides is 2. The van der Waals surface area contributed by atoms with Gasteiger partial charge in [0.25, 0.3) is 5.91 Å². The van der Waals surface area contributed by atoms with Crippen molar-refractivity contribution in [3.05, 3.63) is 59.7 Å². The zero-order valence-electron chi connectivity index (χ0n) is 17.5. The van der Waals surface area contributed by atoms with E-state index in [2.05, 4.69) is 31.4 Å². The maximum atomic E-state index is 13.1. The largest absolute Gasteiger partial charge is 0.482 e. The Kier molecular flexibility index (Phi) is 8.07. The van der Waals surface area contributed by atoms with Crippen LogP contribution in [-0.4, -0.2) is 37.5 Å². The molecule has 0 atom stereocenters. The monoisotopic (exact) mass is 434 g/mol. The second kappa shape index (κ2) is 10.5. The summed E-state index contributed by atoms with van der Waals surface area (Å²) in [6.07, 6.45) is 0. The van der Waals surface area contributed by atoms with Gasteiger partial charge in [-0.1, -0.05) is 32.9 Å². The third kappa shape index (κ3) is 8.04. The number of anilines is 1. The van der Waals surface area contributed by atoms with Crippen molar-refractivity contribution in [1.82, 2.24) is 5.32 Å². The van der Waals surface area contributed by atoms with Gasteiger partial charge in [-0.05, 0) is 35.2 Å². The molecule has 2 N–H and O–H groups in total. The second-order valence-corrected chi connectivity index (χ2v) is 7.68. The van der Waals surface area contributed by atoms with Crippen LogP contribution in [0.25, 0.3) is 0 Å². The highest BCUT2D eigenvalue weighted by atomic mass is 19.2. The van der Waals surface area contributed by atoms with Crippen LogP contribution in [0.1, 0.15) is 26.3 Å². The van der Waals surface area contributed by atoms with E-state index in [1.807, 2.05) is 12.1 Å². The fourth-order valence-corrected chi connectivity index (χ4v) is 2.39. The van der Waals surface area contributed by atoms with Crippen LogP contribution in [0.3, 0.4) is 0 Å². The lowest BCUT2D eigenvalue weighted by Gasteiger charge is -2.19. The first-order valence-electron chi connectivity index (χ1n) is 9.45. The van der Waals surface area contributed by atoms with Crippen molar-refractivity contribution in [1.29, 1.82) is 0 Å². The number of benzene rings is 2. The minimum atomic E-state index is -1.11. The summed E-state index contributed by atoms with van der Waals surface area (Å²) in [5, 5.41) is 4.54. The van der Waals surface area contributed by atoms with Gasteiger partial charge in [-0.3, -0.25) is 9.59 Å². The molecule has 0 spiro atoms. The summed E-state index contributed by atoms with van der Waals surface area (Å²) in [4.78, 5) is 35.1. The summed E-state index contributed by atoms with van der Waals surface area (Å²) >= 11 is 0. The molecule has 0 aliphatic carbocycles. The molecule has 2 aromatic rings. The van der Waals surface area contributed by atoms with Crippen molar-refractivity contribution in [3.63, 3.8) is 0 Å². The molecule has 0 radical (unpaired) electrons. The second-order valence-electron chi connectivity index (χ2n) is 7.68. The van der Waals surface area contributed by atoms with E-state index in [1.165, 1.54) is 6.07 Å². The molecule has 0 aliphatic rings. The van der Waals surface area contributed by atoms with Crippen molar-refractivity contribution in [3.8, 4) is 5.75 Å². The van der Waals surface area contributed by atoms with Gasteiger partial charge in [-0.25, -0.2) is 13.6 Å². The predicted octanol–water partition coefficient (Wildman–Crippen LogP) is 2.94. The van der Waals surface area contributed by atoms with Crippen molar-refractivity contribution >= 4 is 23.5 Å². The lowest BCUT2D eigenvalue weighted by molar-refractivity contribution is -0.150. The minimum Gasteiger partial charge on any atom is -0.482 e. The van der Waals surface area contributed by atoms with E-state index in [4.69, 9.17) is 9.47 Å².